The van der Waals surface area contributed by atoms with Gasteiger partial charge in [-0.2, -0.15) is 0 Å². The molecule has 2 rings (SSSR count). The minimum atomic E-state index is -0.0425. The van der Waals surface area contributed by atoms with E-state index in [2.05, 4.69) is 0 Å². The van der Waals surface area contributed by atoms with Crippen molar-refractivity contribution in [2.75, 3.05) is 13.1 Å². The molecule has 0 bridgehead atoms. The Labute approximate surface area is 105 Å². The molecule has 0 aromatic heterocycles. The number of halogens is 1. The van der Waals surface area contributed by atoms with Crippen molar-refractivity contribution in [1.29, 1.82) is 0 Å². The molecule has 0 radical (unpaired) electrons. The van der Waals surface area contributed by atoms with Gasteiger partial charge < -0.3 is 9.69 Å². The van der Waals surface area contributed by atoms with Gasteiger partial charge in [-0.1, -0.05) is 17.7 Å². The third-order valence-corrected chi connectivity index (χ3v) is 3.24. The second kappa shape index (κ2) is 5.32. The smallest absolute Gasteiger partial charge is 0.253 e. The molecular weight excluding hydrogens is 238 g/mol. The van der Waals surface area contributed by atoms with Gasteiger partial charge in [-0.15, -0.1) is 0 Å². The molecule has 0 N–H and O–H groups in total. The van der Waals surface area contributed by atoms with Gasteiger partial charge in [0.25, 0.3) is 5.91 Å². The van der Waals surface area contributed by atoms with Gasteiger partial charge in [0.1, 0.15) is 6.29 Å². The summed E-state index contributed by atoms with van der Waals surface area (Å²) in [6.45, 7) is 1.24. The normalized spacial score (nSPS) is 20.1. The summed E-state index contributed by atoms with van der Waals surface area (Å²) < 4.78 is 0. The van der Waals surface area contributed by atoms with E-state index in [1.807, 2.05) is 0 Å². The minimum Gasteiger partial charge on any atom is -0.338 e. The van der Waals surface area contributed by atoms with Gasteiger partial charge in [-0.05, 0) is 31.0 Å². The van der Waals surface area contributed by atoms with E-state index >= 15 is 0 Å². The Morgan fingerprint density at radius 3 is 3.00 bits per heavy atom. The Hall–Kier alpha value is -1.35. The van der Waals surface area contributed by atoms with E-state index in [4.69, 9.17) is 11.6 Å². The molecule has 0 saturated carbocycles. The van der Waals surface area contributed by atoms with Crippen LogP contribution in [0, 0.1) is 5.92 Å². The van der Waals surface area contributed by atoms with Crippen LogP contribution in [0.1, 0.15) is 23.2 Å². The second-order valence-electron chi connectivity index (χ2n) is 4.30. The largest absolute Gasteiger partial charge is 0.338 e. The first-order valence-electron chi connectivity index (χ1n) is 5.71. The van der Waals surface area contributed by atoms with Gasteiger partial charge in [0.15, 0.2) is 0 Å². The average molecular weight is 252 g/mol. The lowest BCUT2D eigenvalue weighted by Crippen LogP contribution is -2.40. The van der Waals surface area contributed by atoms with Crippen LogP contribution in [0.5, 0.6) is 0 Å². The van der Waals surface area contributed by atoms with Gasteiger partial charge in [-0.25, -0.2) is 0 Å². The van der Waals surface area contributed by atoms with Crippen molar-refractivity contribution < 1.29 is 9.59 Å². The maximum Gasteiger partial charge on any atom is 0.253 e. The van der Waals surface area contributed by atoms with Crippen molar-refractivity contribution in [2.45, 2.75) is 12.8 Å². The zero-order chi connectivity index (χ0) is 12.3. The highest BCUT2D eigenvalue weighted by molar-refractivity contribution is 6.30. The zero-order valence-corrected chi connectivity index (χ0v) is 10.2. The Kier molecular flexibility index (Phi) is 3.79. The molecule has 1 aromatic carbocycles. The highest BCUT2D eigenvalue weighted by Crippen LogP contribution is 2.18. The lowest BCUT2D eigenvalue weighted by atomic mass is 9.99. The molecule has 1 aliphatic rings. The van der Waals surface area contributed by atoms with Crippen LogP contribution in [0.15, 0.2) is 24.3 Å². The first-order valence-corrected chi connectivity index (χ1v) is 6.08. The highest BCUT2D eigenvalue weighted by atomic mass is 35.5. The summed E-state index contributed by atoms with van der Waals surface area (Å²) in [5.41, 5.74) is 0.587. The van der Waals surface area contributed by atoms with E-state index in [9.17, 15) is 9.59 Å². The fraction of sp³-hybridized carbons (Fsp3) is 0.385. The van der Waals surface area contributed by atoms with Crippen LogP contribution < -0.4 is 0 Å². The van der Waals surface area contributed by atoms with Crippen molar-refractivity contribution in [3.05, 3.63) is 34.9 Å². The third-order valence-electron chi connectivity index (χ3n) is 3.01. The molecule has 1 amide bonds. The number of rotatable bonds is 2. The molecule has 1 aromatic rings. The van der Waals surface area contributed by atoms with E-state index < -0.39 is 0 Å². The van der Waals surface area contributed by atoms with E-state index in [0.717, 1.165) is 25.7 Å². The predicted molar refractivity (Wildman–Crippen MR) is 66.1 cm³/mol. The fourth-order valence-electron chi connectivity index (χ4n) is 2.11. The Balaban J connectivity index is 2.11. The van der Waals surface area contributed by atoms with Crippen LogP contribution in [0.3, 0.4) is 0 Å². The average Bonchev–Trinajstić information content (AvgIpc) is 2.38. The van der Waals surface area contributed by atoms with Crippen LogP contribution in [0.2, 0.25) is 5.02 Å². The molecule has 0 aliphatic carbocycles. The molecule has 1 aliphatic heterocycles. The first kappa shape index (κ1) is 12.1. The maximum atomic E-state index is 12.2. The number of benzene rings is 1. The number of hydrogen-bond donors (Lipinski definition) is 0. The van der Waals surface area contributed by atoms with Crippen molar-refractivity contribution in [2.24, 2.45) is 5.92 Å². The molecule has 90 valence electrons. The van der Waals surface area contributed by atoms with Gasteiger partial charge in [-0.3, -0.25) is 4.79 Å². The number of carbonyl (C=O) groups is 2. The summed E-state index contributed by atoms with van der Waals surface area (Å²) in [5, 5.41) is 0.555. The minimum absolute atomic E-state index is 0.0214. The predicted octanol–water partition coefficient (Wildman–Crippen LogP) is 2.39. The van der Waals surface area contributed by atoms with E-state index in [-0.39, 0.29) is 11.8 Å². The SMILES string of the molecule is O=CC1CCCN(C(=O)c2cccc(Cl)c2)C1. The van der Waals surface area contributed by atoms with Crippen LogP contribution in [0.25, 0.3) is 0 Å². The van der Waals surface area contributed by atoms with Gasteiger partial charge in [0.2, 0.25) is 0 Å². The van der Waals surface area contributed by atoms with Crippen LogP contribution >= 0.6 is 11.6 Å². The molecule has 1 heterocycles. The number of hydrogen-bond acceptors (Lipinski definition) is 2. The molecular formula is C13H14ClNO2. The summed E-state index contributed by atoms with van der Waals surface area (Å²) in [7, 11) is 0. The molecule has 17 heavy (non-hydrogen) atoms. The quantitative estimate of drug-likeness (QED) is 0.757. The number of aldehydes is 1. The fourth-order valence-corrected chi connectivity index (χ4v) is 2.30. The summed E-state index contributed by atoms with van der Waals surface area (Å²) in [6.07, 6.45) is 2.70. The molecule has 0 spiro atoms. The van der Waals surface area contributed by atoms with E-state index in [1.165, 1.54) is 0 Å². The Morgan fingerprint density at radius 2 is 2.29 bits per heavy atom. The lowest BCUT2D eigenvalue weighted by molar-refractivity contribution is -0.112. The van der Waals surface area contributed by atoms with Crippen molar-refractivity contribution in [3.63, 3.8) is 0 Å². The van der Waals surface area contributed by atoms with Crippen molar-refractivity contribution in [1.82, 2.24) is 4.90 Å². The third kappa shape index (κ3) is 2.86. The van der Waals surface area contributed by atoms with Gasteiger partial charge >= 0.3 is 0 Å². The standard InChI is InChI=1S/C13H14ClNO2/c14-12-5-1-4-11(7-12)13(17)15-6-2-3-10(8-15)9-16/h1,4-5,7,9-10H,2-3,6,8H2. The van der Waals surface area contributed by atoms with E-state index in [1.54, 1.807) is 29.2 Å². The molecule has 3 nitrogen and oxygen atoms in total. The first-order chi connectivity index (χ1) is 8.20. The molecule has 1 unspecified atom stereocenters. The van der Waals surface area contributed by atoms with Crippen LogP contribution in [-0.4, -0.2) is 30.2 Å². The zero-order valence-electron chi connectivity index (χ0n) is 9.43. The molecule has 4 heteroatoms. The summed E-state index contributed by atoms with van der Waals surface area (Å²) in [4.78, 5) is 24.7. The number of carbonyl (C=O) groups excluding carboxylic acids is 2. The van der Waals surface area contributed by atoms with Crippen molar-refractivity contribution >= 4 is 23.8 Å². The topological polar surface area (TPSA) is 37.4 Å². The summed E-state index contributed by atoms with van der Waals surface area (Å²) in [6, 6.07) is 6.91. The van der Waals surface area contributed by atoms with Crippen molar-refractivity contribution in [3.8, 4) is 0 Å². The Bertz CT molecular complexity index is 433. The monoisotopic (exact) mass is 251 g/mol. The number of amides is 1. The number of likely N-dealkylation sites (tertiary alicyclic amines) is 1. The lowest BCUT2D eigenvalue weighted by Gasteiger charge is -2.30. The molecule has 1 fully saturated rings. The van der Waals surface area contributed by atoms with Gasteiger partial charge in [0.05, 0.1) is 0 Å². The molecule has 1 saturated heterocycles. The van der Waals surface area contributed by atoms with Crippen LogP contribution in [-0.2, 0) is 4.79 Å². The maximum absolute atomic E-state index is 12.2. The second-order valence-corrected chi connectivity index (χ2v) is 4.74. The number of piperidine rings is 1. The van der Waals surface area contributed by atoms with Gasteiger partial charge in [0, 0.05) is 29.6 Å². The molecule has 1 atom stereocenters. The van der Waals surface area contributed by atoms with E-state index in [0.29, 0.717) is 17.1 Å². The summed E-state index contributed by atoms with van der Waals surface area (Å²) in [5.74, 6) is -0.0639. The summed E-state index contributed by atoms with van der Waals surface area (Å²) >= 11 is 5.86. The number of nitrogens with zero attached hydrogens (tertiary/aromatic N) is 1. The Morgan fingerprint density at radius 1 is 1.47 bits per heavy atom. The van der Waals surface area contributed by atoms with Crippen LogP contribution in [0.4, 0.5) is 0 Å². The highest BCUT2D eigenvalue weighted by Gasteiger charge is 2.23.